The van der Waals surface area contributed by atoms with Crippen molar-refractivity contribution >= 4 is 35.8 Å². The van der Waals surface area contributed by atoms with E-state index in [0.29, 0.717) is 23.6 Å². The molecule has 0 atom stereocenters. The Hall–Kier alpha value is -2.12. The molecule has 1 aromatic carbocycles. The zero-order chi connectivity index (χ0) is 17.4. The van der Waals surface area contributed by atoms with Gasteiger partial charge >= 0.3 is 0 Å². The highest BCUT2D eigenvalue weighted by Gasteiger charge is 2.15. The molecule has 3 amide bonds. The highest BCUT2D eigenvalue weighted by Crippen LogP contribution is 2.18. The maximum absolute atomic E-state index is 12.1. The summed E-state index contributed by atoms with van der Waals surface area (Å²) in [7, 11) is 0. The molecule has 1 saturated heterocycles. The lowest BCUT2D eigenvalue weighted by atomic mass is 9.93. The largest absolute Gasteiger partial charge is 0.368 e. The second-order valence-electron chi connectivity index (χ2n) is 6.01. The van der Waals surface area contributed by atoms with Gasteiger partial charge in [0.25, 0.3) is 5.91 Å². The number of amides is 3. The summed E-state index contributed by atoms with van der Waals surface area (Å²) in [6, 6.07) is 6.61. The number of nitrogens with two attached hydrogens (primary N) is 1. The zero-order valence-corrected chi connectivity index (χ0v) is 14.9. The van der Waals surface area contributed by atoms with E-state index in [9.17, 15) is 14.4 Å². The summed E-state index contributed by atoms with van der Waals surface area (Å²) >= 11 is 0. The predicted octanol–water partition coefficient (Wildman–Crippen LogP) is 1.04. The van der Waals surface area contributed by atoms with Crippen LogP contribution in [0.2, 0.25) is 0 Å². The molecule has 1 aliphatic rings. The molecule has 0 saturated carbocycles. The maximum atomic E-state index is 12.1. The third-order valence-electron chi connectivity index (χ3n) is 4.07. The Labute approximate surface area is 153 Å². The molecule has 138 valence electrons. The van der Waals surface area contributed by atoms with Crippen LogP contribution in [-0.2, 0) is 9.59 Å². The lowest BCUT2D eigenvalue weighted by Crippen LogP contribution is -2.33. The third-order valence-corrected chi connectivity index (χ3v) is 4.07. The second-order valence-corrected chi connectivity index (χ2v) is 6.01. The lowest BCUT2D eigenvalue weighted by molar-refractivity contribution is -0.117. The van der Waals surface area contributed by atoms with Crippen molar-refractivity contribution in [2.75, 3.05) is 25.0 Å². The van der Waals surface area contributed by atoms with Gasteiger partial charge in [0.2, 0.25) is 11.8 Å². The Balaban J connectivity index is 0.00000312. The summed E-state index contributed by atoms with van der Waals surface area (Å²) < 4.78 is 0. The van der Waals surface area contributed by atoms with E-state index in [1.807, 2.05) is 0 Å². The Morgan fingerprint density at radius 3 is 2.60 bits per heavy atom. The smallest absolute Gasteiger partial charge is 0.251 e. The number of benzene rings is 1. The number of carbonyl (C=O) groups is 3. The highest BCUT2D eigenvalue weighted by atomic mass is 35.5. The van der Waals surface area contributed by atoms with Gasteiger partial charge < -0.3 is 21.7 Å². The fourth-order valence-electron chi connectivity index (χ4n) is 2.74. The summed E-state index contributed by atoms with van der Waals surface area (Å²) in [4.78, 5) is 34.6. The molecule has 1 aromatic rings. The second kappa shape index (κ2) is 10.7. The number of piperidine rings is 1. The maximum Gasteiger partial charge on any atom is 0.251 e. The number of hydrogen-bond donors (Lipinski definition) is 4. The van der Waals surface area contributed by atoms with Crippen LogP contribution in [0.5, 0.6) is 0 Å². The molecule has 5 N–H and O–H groups in total. The Morgan fingerprint density at radius 1 is 1.20 bits per heavy atom. The van der Waals surface area contributed by atoms with Gasteiger partial charge in [0.1, 0.15) is 0 Å². The van der Waals surface area contributed by atoms with Crippen LogP contribution < -0.4 is 21.7 Å². The minimum atomic E-state index is -0.606. The van der Waals surface area contributed by atoms with Crippen molar-refractivity contribution in [1.82, 2.24) is 10.6 Å². The molecule has 0 radical (unpaired) electrons. The quantitative estimate of drug-likeness (QED) is 0.575. The zero-order valence-electron chi connectivity index (χ0n) is 14.0. The Bertz CT molecular complexity index is 603. The van der Waals surface area contributed by atoms with Gasteiger partial charge in [-0.2, -0.15) is 0 Å². The van der Waals surface area contributed by atoms with E-state index in [0.717, 1.165) is 32.4 Å². The first-order valence-corrected chi connectivity index (χ1v) is 8.21. The normalized spacial score (nSPS) is 14.2. The Morgan fingerprint density at radius 2 is 1.92 bits per heavy atom. The molecule has 25 heavy (non-hydrogen) atoms. The minimum absolute atomic E-state index is 0. The molecule has 0 spiro atoms. The van der Waals surface area contributed by atoms with Gasteiger partial charge in [-0.15, -0.1) is 12.4 Å². The van der Waals surface area contributed by atoms with Gasteiger partial charge in [0, 0.05) is 17.7 Å². The number of rotatable bonds is 7. The average Bonchev–Trinajstić information content (AvgIpc) is 2.59. The number of hydrogen-bond acceptors (Lipinski definition) is 4. The van der Waals surface area contributed by atoms with E-state index in [-0.39, 0.29) is 24.9 Å². The number of nitrogens with one attached hydrogen (secondary N) is 3. The first kappa shape index (κ1) is 20.9. The number of primary amides is 1. The van der Waals surface area contributed by atoms with E-state index in [2.05, 4.69) is 16.0 Å². The Kier molecular flexibility index (Phi) is 8.94. The number of halogens is 1. The molecule has 1 fully saturated rings. The van der Waals surface area contributed by atoms with Crippen LogP contribution in [0.3, 0.4) is 0 Å². The first-order chi connectivity index (χ1) is 11.5. The minimum Gasteiger partial charge on any atom is -0.368 e. The van der Waals surface area contributed by atoms with Gasteiger partial charge in [-0.3, -0.25) is 14.4 Å². The van der Waals surface area contributed by atoms with Crippen LogP contribution in [0.1, 0.15) is 36.0 Å². The van der Waals surface area contributed by atoms with Crippen LogP contribution in [0.4, 0.5) is 5.69 Å². The summed E-state index contributed by atoms with van der Waals surface area (Å²) in [6.45, 7) is 1.83. The number of carbonyl (C=O) groups excluding carboxylic acids is 3. The average molecular weight is 369 g/mol. The van der Waals surface area contributed by atoms with Crippen LogP contribution in [0.15, 0.2) is 24.3 Å². The van der Waals surface area contributed by atoms with Gasteiger partial charge in [-0.05, 0) is 56.5 Å². The van der Waals surface area contributed by atoms with E-state index in [4.69, 9.17) is 5.73 Å². The van der Waals surface area contributed by atoms with Crippen molar-refractivity contribution in [2.45, 2.75) is 25.7 Å². The van der Waals surface area contributed by atoms with Crippen LogP contribution >= 0.6 is 12.4 Å². The molecule has 0 unspecified atom stereocenters. The summed E-state index contributed by atoms with van der Waals surface area (Å²) in [5.74, 6) is -0.462. The van der Waals surface area contributed by atoms with E-state index >= 15 is 0 Å². The van der Waals surface area contributed by atoms with E-state index in [1.165, 1.54) is 0 Å². The molecule has 0 bridgehead atoms. The van der Waals surface area contributed by atoms with E-state index in [1.54, 1.807) is 24.3 Å². The fraction of sp³-hybridized carbons (Fsp3) is 0.471. The van der Waals surface area contributed by atoms with Crippen molar-refractivity contribution in [3.05, 3.63) is 29.8 Å². The van der Waals surface area contributed by atoms with Crippen molar-refractivity contribution < 1.29 is 14.4 Å². The molecule has 2 rings (SSSR count). The predicted molar refractivity (Wildman–Crippen MR) is 98.7 cm³/mol. The SMILES string of the molecule is Cl.NC(=O)CNC(=O)c1cccc(NC(=O)CCC2CCNCC2)c1. The molecule has 0 aliphatic carbocycles. The number of anilines is 1. The standard InChI is InChI=1S/C17H24N4O3.ClH/c18-15(22)11-20-17(24)13-2-1-3-14(10-13)21-16(23)5-4-12-6-8-19-9-7-12;/h1-3,10,12,19H,4-9,11H2,(H2,18,22)(H,20,24)(H,21,23);1H. The monoisotopic (exact) mass is 368 g/mol. The van der Waals surface area contributed by atoms with Crippen molar-refractivity contribution in [3.8, 4) is 0 Å². The molecule has 8 heteroatoms. The van der Waals surface area contributed by atoms with Crippen molar-refractivity contribution in [3.63, 3.8) is 0 Å². The first-order valence-electron chi connectivity index (χ1n) is 8.21. The molecule has 1 heterocycles. The van der Waals surface area contributed by atoms with Crippen molar-refractivity contribution in [2.24, 2.45) is 11.7 Å². The molecule has 1 aliphatic heterocycles. The summed E-state index contributed by atoms with van der Waals surface area (Å²) in [5, 5.41) is 8.54. The van der Waals surface area contributed by atoms with Crippen LogP contribution in [-0.4, -0.2) is 37.4 Å². The van der Waals surface area contributed by atoms with Crippen molar-refractivity contribution in [1.29, 1.82) is 0 Å². The summed E-state index contributed by atoms with van der Waals surface area (Å²) in [6.07, 6.45) is 3.58. The van der Waals surface area contributed by atoms with Gasteiger partial charge in [0.15, 0.2) is 0 Å². The van der Waals surface area contributed by atoms with Crippen LogP contribution in [0.25, 0.3) is 0 Å². The van der Waals surface area contributed by atoms with Gasteiger partial charge in [-0.25, -0.2) is 0 Å². The molecular formula is C17H25ClN4O3. The molecular weight excluding hydrogens is 344 g/mol. The van der Waals surface area contributed by atoms with E-state index < -0.39 is 11.8 Å². The molecule has 7 nitrogen and oxygen atoms in total. The summed E-state index contributed by atoms with van der Waals surface area (Å²) in [5.41, 5.74) is 5.93. The molecule has 0 aromatic heterocycles. The van der Waals surface area contributed by atoms with Gasteiger partial charge in [-0.1, -0.05) is 6.07 Å². The van der Waals surface area contributed by atoms with Crippen LogP contribution in [0, 0.1) is 5.92 Å². The fourth-order valence-corrected chi connectivity index (χ4v) is 2.74. The highest BCUT2D eigenvalue weighted by molar-refractivity contribution is 5.98. The topological polar surface area (TPSA) is 113 Å². The lowest BCUT2D eigenvalue weighted by Gasteiger charge is -2.22. The third kappa shape index (κ3) is 7.53. The van der Waals surface area contributed by atoms with Gasteiger partial charge in [0.05, 0.1) is 6.54 Å².